The van der Waals surface area contributed by atoms with Crippen LogP contribution >= 0.6 is 0 Å². The summed E-state index contributed by atoms with van der Waals surface area (Å²) in [5, 5.41) is 14.8. The zero-order valence-electron chi connectivity index (χ0n) is 18.7. The maximum atomic E-state index is 12.3. The molecule has 1 aliphatic carbocycles. The fraction of sp³-hybridized carbons (Fsp3) is 0.308. The molecule has 0 saturated heterocycles. The first-order chi connectivity index (χ1) is 15.9. The number of para-hydroxylation sites is 1. The van der Waals surface area contributed by atoms with Crippen molar-refractivity contribution in [3.8, 4) is 11.6 Å². The Labute approximate surface area is 192 Å². The SMILES string of the molecule is CC(C)CC1=C(NC(Cc2ccccc2Oc2nccc3ccncc23)C(=O)O)CCC1=O. The molecule has 170 valence electrons. The number of Topliss-reactive ketones (excluding diaryl/α,β-unsaturated/α-hetero) is 1. The van der Waals surface area contributed by atoms with Crippen LogP contribution in [0.1, 0.15) is 38.7 Å². The molecule has 7 nitrogen and oxygen atoms in total. The number of aliphatic carboxylic acids is 1. The van der Waals surface area contributed by atoms with Gasteiger partial charge < -0.3 is 15.2 Å². The summed E-state index contributed by atoms with van der Waals surface area (Å²) in [5.41, 5.74) is 2.21. The van der Waals surface area contributed by atoms with E-state index in [9.17, 15) is 14.7 Å². The van der Waals surface area contributed by atoms with E-state index in [1.807, 2.05) is 30.3 Å². The lowest BCUT2D eigenvalue weighted by Crippen LogP contribution is -2.38. The van der Waals surface area contributed by atoms with Crippen molar-refractivity contribution in [3.63, 3.8) is 0 Å². The Hall–Kier alpha value is -3.74. The smallest absolute Gasteiger partial charge is 0.326 e. The van der Waals surface area contributed by atoms with Crippen molar-refractivity contribution >= 4 is 22.5 Å². The van der Waals surface area contributed by atoms with Crippen LogP contribution in [0, 0.1) is 5.92 Å². The molecule has 1 aromatic carbocycles. The minimum atomic E-state index is -0.979. The van der Waals surface area contributed by atoms with Gasteiger partial charge in [-0.15, -0.1) is 0 Å². The van der Waals surface area contributed by atoms with Gasteiger partial charge in [-0.3, -0.25) is 9.78 Å². The zero-order valence-corrected chi connectivity index (χ0v) is 18.7. The number of hydrogen-bond donors (Lipinski definition) is 2. The monoisotopic (exact) mass is 445 g/mol. The molecule has 0 aliphatic heterocycles. The maximum Gasteiger partial charge on any atom is 0.326 e. The summed E-state index contributed by atoms with van der Waals surface area (Å²) in [6, 6.07) is 10.2. The predicted molar refractivity (Wildman–Crippen MR) is 125 cm³/mol. The number of hydrogen-bond acceptors (Lipinski definition) is 6. The van der Waals surface area contributed by atoms with Crippen molar-refractivity contribution in [2.75, 3.05) is 0 Å². The van der Waals surface area contributed by atoms with E-state index in [1.165, 1.54) is 0 Å². The second kappa shape index (κ2) is 9.81. The number of ketones is 1. The topological polar surface area (TPSA) is 101 Å². The molecular weight excluding hydrogens is 418 g/mol. The molecule has 0 saturated carbocycles. The Bertz CT molecular complexity index is 1210. The molecule has 0 bridgehead atoms. The van der Waals surface area contributed by atoms with E-state index in [0.717, 1.165) is 27.6 Å². The second-order valence-electron chi connectivity index (χ2n) is 8.64. The van der Waals surface area contributed by atoms with Crippen molar-refractivity contribution < 1.29 is 19.4 Å². The first-order valence-electron chi connectivity index (χ1n) is 11.1. The predicted octanol–water partition coefficient (Wildman–Crippen LogP) is 4.67. The molecule has 3 aromatic rings. The van der Waals surface area contributed by atoms with Gasteiger partial charge in [-0.2, -0.15) is 0 Å². The number of nitrogens with zero attached hydrogens (tertiary/aromatic N) is 2. The van der Waals surface area contributed by atoms with Crippen LogP contribution in [0.3, 0.4) is 0 Å². The third-order valence-corrected chi connectivity index (χ3v) is 5.70. The van der Waals surface area contributed by atoms with Crippen molar-refractivity contribution in [2.24, 2.45) is 5.92 Å². The molecular formula is C26H27N3O4. The van der Waals surface area contributed by atoms with Crippen LogP contribution < -0.4 is 10.1 Å². The number of fused-ring (bicyclic) bond motifs is 1. The lowest BCUT2D eigenvalue weighted by atomic mass is 10.00. The first-order valence-corrected chi connectivity index (χ1v) is 11.1. The van der Waals surface area contributed by atoms with Gasteiger partial charge in [0, 0.05) is 42.7 Å². The Morgan fingerprint density at radius 3 is 2.70 bits per heavy atom. The molecule has 4 rings (SSSR count). The molecule has 0 radical (unpaired) electrons. The molecule has 2 N–H and O–H groups in total. The molecule has 2 aromatic heterocycles. The van der Waals surface area contributed by atoms with Gasteiger partial charge in [-0.05, 0) is 47.9 Å². The molecule has 1 atom stereocenters. The van der Waals surface area contributed by atoms with Crippen molar-refractivity contribution in [1.82, 2.24) is 15.3 Å². The van der Waals surface area contributed by atoms with E-state index in [1.54, 1.807) is 24.7 Å². The second-order valence-corrected chi connectivity index (χ2v) is 8.64. The highest BCUT2D eigenvalue weighted by Crippen LogP contribution is 2.31. The third-order valence-electron chi connectivity index (χ3n) is 5.70. The van der Waals surface area contributed by atoms with Gasteiger partial charge in [-0.25, -0.2) is 9.78 Å². The molecule has 0 spiro atoms. The van der Waals surface area contributed by atoms with Crippen LogP contribution in [-0.4, -0.2) is 32.9 Å². The average molecular weight is 446 g/mol. The number of benzene rings is 1. The fourth-order valence-corrected chi connectivity index (χ4v) is 4.09. The molecule has 0 fully saturated rings. The van der Waals surface area contributed by atoms with Crippen molar-refractivity contribution in [1.29, 1.82) is 0 Å². The number of carboxylic acids is 1. The first kappa shape index (κ1) is 22.5. The van der Waals surface area contributed by atoms with Crippen LogP contribution in [0.5, 0.6) is 11.6 Å². The lowest BCUT2D eigenvalue weighted by Gasteiger charge is -2.20. The molecule has 0 amide bonds. The largest absolute Gasteiger partial charge is 0.480 e. The van der Waals surface area contributed by atoms with E-state index < -0.39 is 12.0 Å². The summed E-state index contributed by atoms with van der Waals surface area (Å²) < 4.78 is 6.13. The summed E-state index contributed by atoms with van der Waals surface area (Å²) in [6.07, 6.45) is 6.89. The molecule has 7 heteroatoms. The minimum Gasteiger partial charge on any atom is -0.480 e. The highest BCUT2D eigenvalue weighted by molar-refractivity contribution is 5.98. The van der Waals surface area contributed by atoms with Gasteiger partial charge in [0.25, 0.3) is 0 Å². The Morgan fingerprint density at radius 2 is 1.91 bits per heavy atom. The molecule has 1 unspecified atom stereocenters. The Balaban J connectivity index is 1.60. The van der Waals surface area contributed by atoms with E-state index in [4.69, 9.17) is 4.74 Å². The highest BCUT2D eigenvalue weighted by Gasteiger charge is 2.28. The number of ether oxygens (including phenoxy) is 1. The summed E-state index contributed by atoms with van der Waals surface area (Å²) in [5.74, 6) is 0.395. The molecule has 33 heavy (non-hydrogen) atoms. The Kier molecular flexibility index (Phi) is 6.68. The van der Waals surface area contributed by atoms with Gasteiger partial charge >= 0.3 is 5.97 Å². The molecule has 2 heterocycles. The minimum absolute atomic E-state index is 0.106. The number of aromatic nitrogens is 2. The standard InChI is InChI=1S/C26H27N3O4/c1-16(2)13-19-21(7-8-23(19)30)29-22(26(31)32)14-18-5-3-4-6-24(18)33-25-20-15-27-11-9-17(20)10-12-28-25/h3-6,9-12,15-16,22,29H,7-8,13-14H2,1-2H3,(H,31,32). The van der Waals surface area contributed by atoms with Crippen LogP contribution in [0.25, 0.3) is 10.8 Å². The number of nitrogens with one attached hydrogen (secondary N) is 1. The summed E-state index contributed by atoms with van der Waals surface area (Å²) in [7, 11) is 0. The third kappa shape index (κ3) is 5.19. The van der Waals surface area contributed by atoms with Crippen LogP contribution in [0.15, 0.2) is 66.3 Å². The molecule has 1 aliphatic rings. The summed E-state index contributed by atoms with van der Waals surface area (Å²) in [4.78, 5) is 32.9. The average Bonchev–Trinajstić information content (AvgIpc) is 3.13. The van der Waals surface area contributed by atoms with Gasteiger partial charge in [-0.1, -0.05) is 32.0 Å². The normalized spacial score (nSPS) is 14.7. The van der Waals surface area contributed by atoms with E-state index >= 15 is 0 Å². The van der Waals surface area contributed by atoms with Gasteiger partial charge in [0.1, 0.15) is 11.8 Å². The maximum absolute atomic E-state index is 12.3. The zero-order chi connectivity index (χ0) is 23.4. The number of carbonyl (C=O) groups excluding carboxylic acids is 1. The number of allylic oxidation sites excluding steroid dienone is 2. The van der Waals surface area contributed by atoms with Gasteiger partial charge in [0.2, 0.25) is 5.88 Å². The summed E-state index contributed by atoms with van der Waals surface area (Å²) >= 11 is 0. The number of rotatable bonds is 9. The van der Waals surface area contributed by atoms with Crippen molar-refractivity contribution in [2.45, 2.75) is 45.6 Å². The van der Waals surface area contributed by atoms with Crippen LogP contribution in [-0.2, 0) is 16.0 Å². The van der Waals surface area contributed by atoms with Crippen molar-refractivity contribution in [3.05, 3.63) is 71.8 Å². The van der Waals surface area contributed by atoms with E-state index in [2.05, 4.69) is 29.1 Å². The van der Waals surface area contributed by atoms with Gasteiger partial charge in [0.05, 0.1) is 5.39 Å². The number of carbonyl (C=O) groups is 2. The van der Waals surface area contributed by atoms with E-state index in [-0.39, 0.29) is 12.2 Å². The van der Waals surface area contributed by atoms with Crippen LogP contribution in [0.2, 0.25) is 0 Å². The highest BCUT2D eigenvalue weighted by atomic mass is 16.5. The fourth-order valence-electron chi connectivity index (χ4n) is 4.09. The Morgan fingerprint density at radius 1 is 1.12 bits per heavy atom. The van der Waals surface area contributed by atoms with E-state index in [0.29, 0.717) is 36.8 Å². The summed E-state index contributed by atoms with van der Waals surface area (Å²) in [6.45, 7) is 4.10. The number of carboxylic acid groups (broad SMARTS) is 1. The van der Waals surface area contributed by atoms with Gasteiger partial charge in [0.15, 0.2) is 5.78 Å². The quantitative estimate of drug-likeness (QED) is 0.493. The van der Waals surface area contributed by atoms with Crippen LogP contribution in [0.4, 0.5) is 0 Å². The number of pyridine rings is 2. The lowest BCUT2D eigenvalue weighted by molar-refractivity contribution is -0.139.